The quantitative estimate of drug-likeness (QED) is 0.697. The van der Waals surface area contributed by atoms with E-state index >= 15 is 0 Å². The van der Waals surface area contributed by atoms with Crippen LogP contribution in [0, 0.1) is 0 Å². The minimum absolute atomic E-state index is 0.383. The second-order valence-corrected chi connectivity index (χ2v) is 3.99. The molecule has 0 fully saturated rings. The van der Waals surface area contributed by atoms with E-state index in [4.69, 9.17) is 19.9 Å². The van der Waals surface area contributed by atoms with Crippen LogP contribution < -0.4 is 10.5 Å². The maximum atomic E-state index is 5.67. The van der Waals surface area contributed by atoms with E-state index in [1.165, 1.54) is 0 Å². The van der Waals surface area contributed by atoms with Crippen molar-refractivity contribution in [3.05, 3.63) is 24.0 Å². The lowest BCUT2D eigenvalue weighted by Gasteiger charge is -2.07. The molecule has 104 valence electrons. The Balaban J connectivity index is 1.91. The van der Waals surface area contributed by atoms with Crippen LogP contribution in [0.5, 0.6) is 5.75 Å². The number of ether oxygens (including phenoxy) is 3. The number of methoxy groups -OCH3 is 1. The molecule has 2 aromatic rings. The number of imidazole rings is 1. The Morgan fingerprint density at radius 3 is 2.84 bits per heavy atom. The molecule has 0 amide bonds. The Bertz CT molecular complexity index is 513. The Morgan fingerprint density at radius 1 is 1.21 bits per heavy atom. The van der Waals surface area contributed by atoms with Crippen molar-refractivity contribution < 1.29 is 14.2 Å². The second-order valence-electron chi connectivity index (χ2n) is 3.99. The minimum atomic E-state index is 0.383. The van der Waals surface area contributed by atoms with Crippen molar-refractivity contribution in [3.8, 4) is 5.75 Å². The molecular formula is C13H19N3O3. The maximum Gasteiger partial charge on any atom is 0.147 e. The molecule has 0 aliphatic carbocycles. The van der Waals surface area contributed by atoms with Gasteiger partial charge in [0.05, 0.1) is 31.9 Å². The van der Waals surface area contributed by atoms with Gasteiger partial charge in [0.1, 0.15) is 23.7 Å². The molecule has 0 atom stereocenters. The predicted molar refractivity (Wildman–Crippen MR) is 72.2 cm³/mol. The van der Waals surface area contributed by atoms with Gasteiger partial charge >= 0.3 is 0 Å². The molecule has 6 nitrogen and oxygen atoms in total. The normalized spacial score (nSPS) is 11.1. The molecule has 1 heterocycles. The Kier molecular flexibility index (Phi) is 5.14. The van der Waals surface area contributed by atoms with Gasteiger partial charge in [0, 0.05) is 7.11 Å². The molecule has 3 N–H and O–H groups in total. The van der Waals surface area contributed by atoms with Crippen LogP contribution in [-0.2, 0) is 16.0 Å². The summed E-state index contributed by atoms with van der Waals surface area (Å²) >= 11 is 0. The number of nitrogens with one attached hydrogen (secondary N) is 1. The van der Waals surface area contributed by atoms with Crippen LogP contribution >= 0.6 is 0 Å². The second kappa shape index (κ2) is 7.08. The van der Waals surface area contributed by atoms with E-state index < -0.39 is 0 Å². The topological polar surface area (TPSA) is 82.4 Å². The summed E-state index contributed by atoms with van der Waals surface area (Å²) in [6.45, 7) is 2.55. The van der Waals surface area contributed by atoms with E-state index in [2.05, 4.69) is 9.97 Å². The lowest BCUT2D eigenvalue weighted by Crippen LogP contribution is -2.10. The van der Waals surface area contributed by atoms with Gasteiger partial charge in [0.2, 0.25) is 0 Å². The van der Waals surface area contributed by atoms with Gasteiger partial charge in [-0.2, -0.15) is 0 Å². The summed E-state index contributed by atoms with van der Waals surface area (Å²) in [5.41, 5.74) is 7.30. The highest BCUT2D eigenvalue weighted by Gasteiger charge is 2.07. The largest absolute Gasteiger partial charge is 0.489 e. The fourth-order valence-electron chi connectivity index (χ4n) is 1.72. The van der Waals surface area contributed by atoms with Gasteiger partial charge in [0.15, 0.2) is 0 Å². The zero-order chi connectivity index (χ0) is 13.5. The number of aromatic amines is 1. The number of aromatic nitrogens is 2. The molecular weight excluding hydrogens is 246 g/mol. The van der Waals surface area contributed by atoms with Gasteiger partial charge in [-0.3, -0.25) is 0 Å². The van der Waals surface area contributed by atoms with Crippen LogP contribution in [-0.4, -0.2) is 43.5 Å². The lowest BCUT2D eigenvalue weighted by molar-refractivity contribution is 0.0546. The molecule has 6 heteroatoms. The van der Waals surface area contributed by atoms with Crippen LogP contribution in [0.4, 0.5) is 0 Å². The summed E-state index contributed by atoms with van der Waals surface area (Å²) in [7, 11) is 1.65. The van der Waals surface area contributed by atoms with Crippen LogP contribution in [0.2, 0.25) is 0 Å². The van der Waals surface area contributed by atoms with E-state index in [9.17, 15) is 0 Å². The summed E-state index contributed by atoms with van der Waals surface area (Å²) in [6.07, 6.45) is 0. The highest BCUT2D eigenvalue weighted by atomic mass is 16.5. The lowest BCUT2D eigenvalue weighted by atomic mass is 10.3. The number of hydrogen-bond acceptors (Lipinski definition) is 5. The average molecular weight is 265 g/mol. The van der Waals surface area contributed by atoms with Crippen molar-refractivity contribution >= 4 is 11.0 Å². The van der Waals surface area contributed by atoms with E-state index in [1.54, 1.807) is 7.11 Å². The summed E-state index contributed by atoms with van der Waals surface area (Å²) < 4.78 is 15.9. The molecule has 0 spiro atoms. The third-order valence-electron chi connectivity index (χ3n) is 2.64. The molecule has 0 unspecified atom stereocenters. The van der Waals surface area contributed by atoms with Crippen molar-refractivity contribution in [1.82, 2.24) is 9.97 Å². The van der Waals surface area contributed by atoms with Gasteiger partial charge in [-0.15, -0.1) is 0 Å². The molecule has 19 heavy (non-hydrogen) atoms. The van der Waals surface area contributed by atoms with Crippen molar-refractivity contribution in [1.29, 1.82) is 0 Å². The van der Waals surface area contributed by atoms with E-state index in [0.29, 0.717) is 33.0 Å². The first kappa shape index (κ1) is 13.8. The molecule has 0 bridgehead atoms. The number of nitrogens with two attached hydrogens (primary N) is 1. The zero-order valence-electron chi connectivity index (χ0n) is 11.0. The van der Waals surface area contributed by atoms with Gasteiger partial charge in [-0.25, -0.2) is 4.98 Å². The molecule has 0 radical (unpaired) electrons. The molecule has 0 aliphatic rings. The molecule has 1 aromatic carbocycles. The smallest absolute Gasteiger partial charge is 0.147 e. The van der Waals surface area contributed by atoms with Crippen LogP contribution in [0.15, 0.2) is 18.2 Å². The van der Waals surface area contributed by atoms with Crippen LogP contribution in [0.3, 0.4) is 0 Å². The number of H-pyrrole nitrogens is 1. The number of benzene rings is 1. The minimum Gasteiger partial charge on any atom is -0.489 e. The first-order valence-electron chi connectivity index (χ1n) is 6.22. The standard InChI is InChI=1S/C13H19N3O3/c1-17-5-6-18-7-8-19-11-4-2-3-10-13(11)16-12(9-14)15-10/h2-4H,5-9,14H2,1H3,(H,15,16). The first-order valence-corrected chi connectivity index (χ1v) is 6.22. The van der Waals surface area contributed by atoms with Crippen molar-refractivity contribution in [2.75, 3.05) is 33.5 Å². The van der Waals surface area contributed by atoms with E-state index in [0.717, 1.165) is 22.6 Å². The number of rotatable bonds is 8. The van der Waals surface area contributed by atoms with Gasteiger partial charge in [0.25, 0.3) is 0 Å². The Labute approximate surface area is 111 Å². The fourth-order valence-corrected chi connectivity index (χ4v) is 1.72. The van der Waals surface area contributed by atoms with Crippen LogP contribution in [0.25, 0.3) is 11.0 Å². The van der Waals surface area contributed by atoms with Crippen molar-refractivity contribution in [3.63, 3.8) is 0 Å². The van der Waals surface area contributed by atoms with Crippen LogP contribution in [0.1, 0.15) is 5.82 Å². The molecule has 1 aromatic heterocycles. The summed E-state index contributed by atoms with van der Waals surface area (Å²) in [6, 6.07) is 5.75. The number of hydrogen-bond donors (Lipinski definition) is 2. The molecule has 0 saturated heterocycles. The third-order valence-corrected chi connectivity index (χ3v) is 2.64. The van der Waals surface area contributed by atoms with E-state index in [1.807, 2.05) is 18.2 Å². The maximum absolute atomic E-state index is 5.67. The number of nitrogens with zero attached hydrogens (tertiary/aromatic N) is 1. The average Bonchev–Trinajstić information content (AvgIpc) is 2.86. The van der Waals surface area contributed by atoms with Gasteiger partial charge in [-0.05, 0) is 12.1 Å². The number of fused-ring (bicyclic) bond motifs is 1. The molecule has 0 saturated carbocycles. The summed E-state index contributed by atoms with van der Waals surface area (Å²) in [5, 5.41) is 0. The fraction of sp³-hybridized carbons (Fsp3) is 0.462. The zero-order valence-corrected chi connectivity index (χ0v) is 11.0. The predicted octanol–water partition coefficient (Wildman–Crippen LogP) is 1.06. The van der Waals surface area contributed by atoms with Crippen molar-refractivity contribution in [2.24, 2.45) is 5.73 Å². The highest BCUT2D eigenvalue weighted by Crippen LogP contribution is 2.23. The molecule has 2 rings (SSSR count). The number of para-hydroxylation sites is 1. The summed E-state index contributed by atoms with van der Waals surface area (Å²) in [4.78, 5) is 7.53. The Morgan fingerprint density at radius 2 is 2.05 bits per heavy atom. The molecule has 0 aliphatic heterocycles. The SMILES string of the molecule is COCCOCCOc1cccc2[nH]c(CN)nc12. The van der Waals surface area contributed by atoms with E-state index in [-0.39, 0.29) is 0 Å². The third kappa shape index (κ3) is 3.66. The van der Waals surface area contributed by atoms with Crippen molar-refractivity contribution in [2.45, 2.75) is 6.54 Å². The monoisotopic (exact) mass is 265 g/mol. The Hall–Kier alpha value is -1.63. The first-order chi connectivity index (χ1) is 9.35. The summed E-state index contributed by atoms with van der Waals surface area (Å²) in [5.74, 6) is 1.49. The highest BCUT2D eigenvalue weighted by molar-refractivity contribution is 5.81. The van der Waals surface area contributed by atoms with Gasteiger partial charge in [-0.1, -0.05) is 6.07 Å². The van der Waals surface area contributed by atoms with Gasteiger partial charge < -0.3 is 24.9 Å².